The predicted octanol–water partition coefficient (Wildman–Crippen LogP) is 3.45. The zero-order valence-corrected chi connectivity index (χ0v) is 16.1. The van der Waals surface area contributed by atoms with E-state index in [2.05, 4.69) is 20.1 Å². The molecule has 2 aromatic heterocycles. The fraction of sp³-hybridized carbons (Fsp3) is 0.333. The lowest BCUT2D eigenvalue weighted by Gasteiger charge is -2.10. The number of fused-ring (bicyclic) bond motifs is 1. The van der Waals surface area contributed by atoms with Gasteiger partial charge in [-0.05, 0) is 31.9 Å². The normalized spacial score (nSPS) is 13.6. The Morgan fingerprint density at radius 1 is 1.24 bits per heavy atom. The number of hydrogen-bond acceptors (Lipinski definition) is 5. The first-order chi connectivity index (χ1) is 14.0. The van der Waals surface area contributed by atoms with Crippen LogP contribution in [0.5, 0.6) is 0 Å². The summed E-state index contributed by atoms with van der Waals surface area (Å²) in [5.74, 6) is 0.488. The average molecular weight is 394 g/mol. The summed E-state index contributed by atoms with van der Waals surface area (Å²) in [6.07, 6.45) is 5.38. The van der Waals surface area contributed by atoms with E-state index in [4.69, 9.17) is 9.52 Å². The van der Waals surface area contributed by atoms with Crippen LogP contribution >= 0.6 is 0 Å². The van der Waals surface area contributed by atoms with Gasteiger partial charge in [0, 0.05) is 29.8 Å². The minimum absolute atomic E-state index is 0.145. The van der Waals surface area contributed by atoms with Crippen molar-refractivity contribution in [3.63, 3.8) is 0 Å². The fourth-order valence-corrected chi connectivity index (χ4v) is 3.70. The summed E-state index contributed by atoms with van der Waals surface area (Å²) in [6.45, 7) is 2.60. The van der Waals surface area contributed by atoms with Gasteiger partial charge in [0.1, 0.15) is 18.0 Å². The third-order valence-electron chi connectivity index (χ3n) is 5.08. The molecule has 0 saturated heterocycles. The molecule has 0 saturated carbocycles. The van der Waals surface area contributed by atoms with Crippen LogP contribution in [0, 0.1) is 6.92 Å². The van der Waals surface area contributed by atoms with Gasteiger partial charge in [0.15, 0.2) is 5.82 Å². The number of aromatic nitrogens is 3. The number of aliphatic carboxylic acids is 1. The molecule has 4 rings (SSSR count). The van der Waals surface area contributed by atoms with Gasteiger partial charge in [-0.3, -0.25) is 9.59 Å². The number of carboxylic acid groups (broad SMARTS) is 1. The van der Waals surface area contributed by atoms with E-state index >= 15 is 0 Å². The molecule has 1 amide bonds. The summed E-state index contributed by atoms with van der Waals surface area (Å²) >= 11 is 0. The third-order valence-corrected chi connectivity index (χ3v) is 5.08. The van der Waals surface area contributed by atoms with Crippen LogP contribution in [0.4, 0.5) is 5.69 Å². The molecule has 1 aliphatic heterocycles. The summed E-state index contributed by atoms with van der Waals surface area (Å²) in [5, 5.41) is 20.6. The molecule has 1 aromatic carbocycles. The number of carbonyl (C=O) groups excluding carboxylic acids is 1. The molecule has 0 unspecified atom stereocenters. The standard InChI is InChI=1S/C21H22N4O4/c1-13-12-29-16(11-18(26)27)19(13)21(28)22-15-7-5-6-14(10-15)20-24-23-17-8-3-2-4-9-25(17)20/h5-7,10,12H,2-4,8-9,11H2,1H3,(H,22,28)(H,26,27). The average Bonchev–Trinajstić information content (AvgIpc) is 3.16. The Labute approximate surface area is 167 Å². The molecule has 150 valence electrons. The van der Waals surface area contributed by atoms with Gasteiger partial charge in [-0.2, -0.15) is 0 Å². The van der Waals surface area contributed by atoms with Crippen LogP contribution in [0.3, 0.4) is 0 Å². The fourth-order valence-electron chi connectivity index (χ4n) is 3.70. The van der Waals surface area contributed by atoms with Crippen molar-refractivity contribution >= 4 is 17.6 Å². The van der Waals surface area contributed by atoms with Crippen molar-refractivity contribution in [1.29, 1.82) is 0 Å². The molecule has 1 aliphatic rings. The maximum Gasteiger partial charge on any atom is 0.311 e. The van der Waals surface area contributed by atoms with E-state index in [9.17, 15) is 9.59 Å². The molecule has 3 aromatic rings. The lowest BCUT2D eigenvalue weighted by molar-refractivity contribution is -0.136. The molecule has 0 aliphatic carbocycles. The number of carboxylic acids is 1. The lowest BCUT2D eigenvalue weighted by Crippen LogP contribution is -2.15. The second-order valence-corrected chi connectivity index (χ2v) is 7.22. The number of furan rings is 1. The van der Waals surface area contributed by atoms with Gasteiger partial charge in [-0.1, -0.05) is 18.6 Å². The zero-order valence-electron chi connectivity index (χ0n) is 16.1. The predicted molar refractivity (Wildman–Crippen MR) is 106 cm³/mol. The van der Waals surface area contributed by atoms with E-state index in [-0.39, 0.29) is 17.7 Å². The van der Waals surface area contributed by atoms with Crippen molar-refractivity contribution in [2.45, 2.75) is 45.6 Å². The highest BCUT2D eigenvalue weighted by molar-refractivity contribution is 6.06. The second kappa shape index (κ2) is 7.90. The molecule has 2 N–H and O–H groups in total. The first kappa shape index (κ1) is 18.9. The largest absolute Gasteiger partial charge is 0.481 e. The number of benzene rings is 1. The van der Waals surface area contributed by atoms with E-state index in [0.29, 0.717) is 11.3 Å². The highest BCUT2D eigenvalue weighted by atomic mass is 16.4. The molecular formula is C21H22N4O4. The van der Waals surface area contributed by atoms with E-state index in [1.807, 2.05) is 18.2 Å². The van der Waals surface area contributed by atoms with Gasteiger partial charge in [0.2, 0.25) is 0 Å². The van der Waals surface area contributed by atoms with Crippen LogP contribution in [0.2, 0.25) is 0 Å². The Morgan fingerprint density at radius 2 is 2.10 bits per heavy atom. The number of carbonyl (C=O) groups is 2. The molecule has 0 fully saturated rings. The smallest absolute Gasteiger partial charge is 0.311 e. The SMILES string of the molecule is Cc1coc(CC(=O)O)c1C(=O)Nc1cccc(-c2nnc3n2CCCCC3)c1. The summed E-state index contributed by atoms with van der Waals surface area (Å²) in [6, 6.07) is 7.43. The van der Waals surface area contributed by atoms with Crippen LogP contribution in [0.25, 0.3) is 11.4 Å². The molecular weight excluding hydrogens is 372 g/mol. The van der Waals surface area contributed by atoms with Crippen molar-refractivity contribution in [2.75, 3.05) is 5.32 Å². The van der Waals surface area contributed by atoms with Gasteiger partial charge >= 0.3 is 5.97 Å². The minimum Gasteiger partial charge on any atom is -0.481 e. The summed E-state index contributed by atoms with van der Waals surface area (Å²) in [4.78, 5) is 23.8. The Balaban J connectivity index is 1.59. The maximum absolute atomic E-state index is 12.8. The first-order valence-electron chi connectivity index (χ1n) is 9.65. The zero-order chi connectivity index (χ0) is 20.4. The van der Waals surface area contributed by atoms with Crippen LogP contribution < -0.4 is 5.32 Å². The Kier molecular flexibility index (Phi) is 5.16. The lowest BCUT2D eigenvalue weighted by atomic mass is 10.1. The molecule has 0 radical (unpaired) electrons. The number of hydrogen-bond donors (Lipinski definition) is 2. The Hall–Kier alpha value is -3.42. The second-order valence-electron chi connectivity index (χ2n) is 7.22. The summed E-state index contributed by atoms with van der Waals surface area (Å²) in [5.41, 5.74) is 2.32. The molecule has 3 heterocycles. The number of nitrogens with one attached hydrogen (secondary N) is 1. The van der Waals surface area contributed by atoms with Crippen molar-refractivity contribution in [1.82, 2.24) is 14.8 Å². The van der Waals surface area contributed by atoms with Crippen LogP contribution in [-0.4, -0.2) is 31.7 Å². The quantitative estimate of drug-likeness (QED) is 0.686. The van der Waals surface area contributed by atoms with Crippen LogP contribution in [-0.2, 0) is 24.2 Å². The van der Waals surface area contributed by atoms with Crippen LogP contribution in [0.1, 0.15) is 46.8 Å². The topological polar surface area (TPSA) is 110 Å². The molecule has 29 heavy (non-hydrogen) atoms. The summed E-state index contributed by atoms with van der Waals surface area (Å²) < 4.78 is 7.41. The number of amides is 1. The van der Waals surface area contributed by atoms with Gasteiger partial charge in [-0.25, -0.2) is 0 Å². The van der Waals surface area contributed by atoms with E-state index in [1.165, 1.54) is 12.7 Å². The monoisotopic (exact) mass is 394 g/mol. The molecule has 0 bridgehead atoms. The van der Waals surface area contributed by atoms with Gasteiger partial charge in [0.05, 0.1) is 11.8 Å². The van der Waals surface area contributed by atoms with Crippen LogP contribution in [0.15, 0.2) is 34.9 Å². The van der Waals surface area contributed by atoms with Crippen molar-refractivity contribution in [3.05, 3.63) is 53.2 Å². The Morgan fingerprint density at radius 3 is 2.93 bits per heavy atom. The number of nitrogens with zero attached hydrogens (tertiary/aromatic N) is 3. The van der Waals surface area contributed by atoms with E-state index in [0.717, 1.165) is 43.0 Å². The van der Waals surface area contributed by atoms with Crippen molar-refractivity contribution < 1.29 is 19.1 Å². The molecule has 0 spiro atoms. The number of anilines is 1. The maximum atomic E-state index is 12.8. The Bertz CT molecular complexity index is 1070. The molecule has 0 atom stereocenters. The summed E-state index contributed by atoms with van der Waals surface area (Å²) in [7, 11) is 0. The number of aryl methyl sites for hydroxylation is 2. The van der Waals surface area contributed by atoms with Gasteiger partial charge in [-0.15, -0.1) is 10.2 Å². The highest BCUT2D eigenvalue weighted by Gasteiger charge is 2.21. The van der Waals surface area contributed by atoms with E-state index in [1.54, 1.807) is 13.0 Å². The van der Waals surface area contributed by atoms with Gasteiger partial charge < -0.3 is 19.4 Å². The van der Waals surface area contributed by atoms with Gasteiger partial charge in [0.25, 0.3) is 5.91 Å². The molecule has 8 heteroatoms. The third kappa shape index (κ3) is 3.91. The van der Waals surface area contributed by atoms with Crippen molar-refractivity contribution in [2.24, 2.45) is 0 Å². The minimum atomic E-state index is -1.05. The highest BCUT2D eigenvalue weighted by Crippen LogP contribution is 2.26. The van der Waals surface area contributed by atoms with E-state index < -0.39 is 11.9 Å². The first-order valence-corrected chi connectivity index (χ1v) is 9.65. The van der Waals surface area contributed by atoms with Crippen molar-refractivity contribution in [3.8, 4) is 11.4 Å². The number of rotatable bonds is 5. The molecule has 8 nitrogen and oxygen atoms in total.